The Bertz CT molecular complexity index is 1860. The minimum Gasteiger partial charge on any atom is -0.488 e. The number of H-pyrrole nitrogens is 1. The van der Waals surface area contributed by atoms with Crippen molar-refractivity contribution >= 4 is 11.6 Å². The predicted octanol–water partition coefficient (Wildman–Crippen LogP) is 5.23. The highest BCUT2D eigenvalue weighted by Crippen LogP contribution is 2.37. The number of anilines is 1. The molecule has 1 radical (unpaired) electrons. The molecule has 3 heterocycles. The lowest BCUT2D eigenvalue weighted by atomic mass is 10.00. The van der Waals surface area contributed by atoms with Crippen molar-refractivity contribution in [3.63, 3.8) is 0 Å². The van der Waals surface area contributed by atoms with Crippen LogP contribution in [0.5, 0.6) is 11.5 Å². The number of hydrogen-bond donors (Lipinski definition) is 3. The van der Waals surface area contributed by atoms with Gasteiger partial charge in [0.05, 0.1) is 6.54 Å². The van der Waals surface area contributed by atoms with E-state index in [-0.39, 0.29) is 18.1 Å². The first-order valence-corrected chi connectivity index (χ1v) is 15.1. The van der Waals surface area contributed by atoms with Crippen molar-refractivity contribution in [3.05, 3.63) is 96.1 Å². The first kappa shape index (κ1) is 29.5. The molecule has 12 heteroatoms. The average molecular weight is 623 g/mol. The molecular weight excluding hydrogens is 592 g/mol. The van der Waals surface area contributed by atoms with Crippen molar-refractivity contribution in [3.8, 4) is 45.1 Å². The zero-order valence-corrected chi connectivity index (χ0v) is 24.7. The SMILES string of the molecule is O=C(Nc1ccc(O[C@@H]2CCNC2)c(-c2cccc(-c3nn[nH]n3)c2)c1)c1ccc(O[C@H]2CC[N]C2)c(-c2ccc(F)c(F)c2)c1. The van der Waals surface area contributed by atoms with E-state index < -0.39 is 11.6 Å². The van der Waals surface area contributed by atoms with Crippen molar-refractivity contribution in [1.29, 1.82) is 0 Å². The number of benzene rings is 4. The Hall–Kier alpha value is -5.20. The molecule has 3 N–H and O–H groups in total. The monoisotopic (exact) mass is 622 g/mol. The number of rotatable bonds is 9. The van der Waals surface area contributed by atoms with E-state index in [1.807, 2.05) is 36.4 Å². The van der Waals surface area contributed by atoms with E-state index in [1.54, 1.807) is 24.3 Å². The average Bonchev–Trinajstić information content (AvgIpc) is 3.89. The molecule has 0 spiro atoms. The summed E-state index contributed by atoms with van der Waals surface area (Å²) >= 11 is 0. The fraction of sp³-hybridized carbons (Fsp3) is 0.235. The van der Waals surface area contributed by atoms with Crippen molar-refractivity contribution in [2.45, 2.75) is 25.0 Å². The molecule has 0 aliphatic carbocycles. The van der Waals surface area contributed by atoms with Crippen LogP contribution < -0.4 is 25.4 Å². The molecule has 0 unspecified atom stereocenters. The second kappa shape index (κ2) is 13.0. The molecule has 1 amide bonds. The predicted molar refractivity (Wildman–Crippen MR) is 168 cm³/mol. The van der Waals surface area contributed by atoms with Gasteiger partial charge in [-0.1, -0.05) is 24.3 Å². The van der Waals surface area contributed by atoms with Crippen molar-refractivity contribution in [1.82, 2.24) is 31.3 Å². The van der Waals surface area contributed by atoms with E-state index in [9.17, 15) is 13.6 Å². The molecule has 233 valence electrons. The van der Waals surface area contributed by atoms with E-state index >= 15 is 0 Å². The molecule has 0 bridgehead atoms. The van der Waals surface area contributed by atoms with Crippen LogP contribution in [0.2, 0.25) is 0 Å². The van der Waals surface area contributed by atoms with Gasteiger partial charge in [0.2, 0.25) is 5.82 Å². The van der Waals surface area contributed by atoms with Crippen LogP contribution in [0.3, 0.4) is 0 Å². The van der Waals surface area contributed by atoms with Gasteiger partial charge >= 0.3 is 0 Å². The molecule has 2 aliphatic heterocycles. The highest BCUT2D eigenvalue weighted by Gasteiger charge is 2.22. The second-order valence-corrected chi connectivity index (χ2v) is 11.2. The van der Waals surface area contributed by atoms with Crippen LogP contribution in [0.1, 0.15) is 23.2 Å². The third-order valence-corrected chi connectivity index (χ3v) is 8.03. The third kappa shape index (κ3) is 6.44. The highest BCUT2D eigenvalue weighted by molar-refractivity contribution is 6.05. The third-order valence-electron chi connectivity index (χ3n) is 8.03. The Morgan fingerprint density at radius 1 is 0.826 bits per heavy atom. The van der Waals surface area contributed by atoms with E-state index in [0.29, 0.717) is 52.8 Å². The van der Waals surface area contributed by atoms with Gasteiger partial charge in [-0.15, -0.1) is 10.2 Å². The molecule has 0 saturated carbocycles. The number of halogens is 2. The Morgan fingerprint density at radius 2 is 1.63 bits per heavy atom. The molecule has 5 aromatic rings. The van der Waals surface area contributed by atoms with E-state index in [1.165, 1.54) is 6.07 Å². The van der Waals surface area contributed by atoms with Crippen LogP contribution in [0.25, 0.3) is 33.6 Å². The summed E-state index contributed by atoms with van der Waals surface area (Å²) in [6, 6.07) is 21.8. The lowest BCUT2D eigenvalue weighted by Gasteiger charge is -2.19. The summed E-state index contributed by atoms with van der Waals surface area (Å²) < 4.78 is 40.6. The molecule has 2 saturated heterocycles. The summed E-state index contributed by atoms with van der Waals surface area (Å²) in [5.74, 6) is -0.716. The molecule has 10 nitrogen and oxygen atoms in total. The van der Waals surface area contributed by atoms with E-state index in [0.717, 1.165) is 54.8 Å². The first-order valence-electron chi connectivity index (χ1n) is 15.1. The number of aromatic amines is 1. The molecule has 46 heavy (non-hydrogen) atoms. The number of hydrogen-bond acceptors (Lipinski definition) is 7. The minimum atomic E-state index is -0.985. The topological polar surface area (TPSA) is 128 Å². The summed E-state index contributed by atoms with van der Waals surface area (Å²) in [6.45, 7) is 2.89. The van der Waals surface area contributed by atoms with Gasteiger partial charge in [-0.3, -0.25) is 4.79 Å². The van der Waals surface area contributed by atoms with Crippen LogP contribution in [0.15, 0.2) is 78.9 Å². The molecule has 4 aromatic carbocycles. The summed E-state index contributed by atoms with van der Waals surface area (Å²) in [6.07, 6.45) is 1.54. The molecular formula is C34H30F2N7O3. The Morgan fingerprint density at radius 3 is 2.39 bits per heavy atom. The Labute approximate surface area is 263 Å². The zero-order valence-electron chi connectivity index (χ0n) is 24.7. The van der Waals surface area contributed by atoms with Gasteiger partial charge in [0.15, 0.2) is 11.6 Å². The van der Waals surface area contributed by atoms with Crippen molar-refractivity contribution in [2.24, 2.45) is 0 Å². The number of amides is 1. The van der Waals surface area contributed by atoms with E-state index in [2.05, 4.69) is 36.6 Å². The summed E-state index contributed by atoms with van der Waals surface area (Å²) in [4.78, 5) is 13.6. The van der Waals surface area contributed by atoms with Crippen molar-refractivity contribution in [2.75, 3.05) is 31.5 Å². The summed E-state index contributed by atoms with van der Waals surface area (Å²) in [7, 11) is 0. The molecule has 1 aromatic heterocycles. The van der Waals surface area contributed by atoms with Gasteiger partial charge in [-0.25, -0.2) is 14.1 Å². The fourth-order valence-corrected chi connectivity index (χ4v) is 5.66. The highest BCUT2D eigenvalue weighted by atomic mass is 19.2. The normalized spacial score (nSPS) is 17.6. The maximum Gasteiger partial charge on any atom is 0.255 e. The fourth-order valence-electron chi connectivity index (χ4n) is 5.66. The summed E-state index contributed by atoms with van der Waals surface area (Å²) in [5, 5.41) is 25.0. The van der Waals surface area contributed by atoms with Gasteiger partial charge in [-0.2, -0.15) is 5.21 Å². The zero-order chi connectivity index (χ0) is 31.5. The van der Waals surface area contributed by atoms with Gasteiger partial charge < -0.3 is 20.1 Å². The van der Waals surface area contributed by atoms with Crippen LogP contribution >= 0.6 is 0 Å². The minimum absolute atomic E-state index is 0.0212. The van der Waals surface area contributed by atoms with Crippen LogP contribution in [-0.4, -0.2) is 64.9 Å². The largest absolute Gasteiger partial charge is 0.488 e. The van der Waals surface area contributed by atoms with Gasteiger partial charge in [-0.05, 0) is 90.3 Å². The Kier molecular flexibility index (Phi) is 8.36. The number of aromatic nitrogens is 4. The van der Waals surface area contributed by atoms with E-state index in [4.69, 9.17) is 9.47 Å². The van der Waals surface area contributed by atoms with Gasteiger partial charge in [0.1, 0.15) is 23.7 Å². The smallest absolute Gasteiger partial charge is 0.255 e. The Balaban J connectivity index is 1.20. The number of ether oxygens (including phenoxy) is 2. The lowest BCUT2D eigenvalue weighted by Crippen LogP contribution is -2.20. The number of carbonyl (C=O) groups is 1. The quantitative estimate of drug-likeness (QED) is 0.206. The number of nitrogens with zero attached hydrogens (tertiary/aromatic N) is 4. The van der Waals surface area contributed by atoms with Crippen LogP contribution in [0.4, 0.5) is 14.5 Å². The van der Waals surface area contributed by atoms with Crippen LogP contribution in [0, 0.1) is 11.6 Å². The second-order valence-electron chi connectivity index (χ2n) is 11.2. The molecule has 2 fully saturated rings. The number of carbonyl (C=O) groups excluding carboxylic acids is 1. The molecule has 2 atom stereocenters. The first-order chi connectivity index (χ1) is 22.5. The standard InChI is InChI=1S/C34H30F2N7O3/c35-29-7-4-21(16-30(29)36)27-15-23(5-8-31(27)45-25-10-12-37-18-25)34(44)39-24-6-9-32(46-26-11-13-38-19-26)28(17-24)20-2-1-3-22(14-20)33-40-42-43-41-33/h1-9,14-17,25-26,38H,10-13,18-19H2,(H,39,44)(H,40,41,42,43)/t25-,26+/m0/s1. The van der Waals surface area contributed by atoms with Gasteiger partial charge in [0.25, 0.3) is 5.91 Å². The maximum absolute atomic E-state index is 14.3. The molecule has 7 rings (SSSR count). The molecule has 2 aliphatic rings. The van der Waals surface area contributed by atoms with Crippen LogP contribution in [-0.2, 0) is 0 Å². The number of tetrazole rings is 1. The van der Waals surface area contributed by atoms with Gasteiger partial charge in [0, 0.05) is 41.0 Å². The van der Waals surface area contributed by atoms with Crippen molar-refractivity contribution < 1.29 is 23.0 Å². The number of nitrogens with one attached hydrogen (secondary N) is 3. The summed E-state index contributed by atoms with van der Waals surface area (Å²) in [5.41, 5.74) is 4.14. The maximum atomic E-state index is 14.3. The lowest BCUT2D eigenvalue weighted by molar-refractivity contribution is 0.102.